The number of hydrogen-bond donors (Lipinski definition) is 2. The normalized spacial score (nSPS) is 20.6. The Labute approximate surface area is 117 Å². The summed E-state index contributed by atoms with van der Waals surface area (Å²) in [4.78, 5) is 12.9. The van der Waals surface area contributed by atoms with Crippen LogP contribution >= 0.6 is 0 Å². The third-order valence-electron chi connectivity index (χ3n) is 3.88. The van der Waals surface area contributed by atoms with Crippen molar-refractivity contribution in [3.8, 4) is 0 Å². The van der Waals surface area contributed by atoms with Gasteiger partial charge in [0.2, 0.25) is 0 Å². The topological polar surface area (TPSA) is 60.8 Å². The minimum atomic E-state index is -1.13. The van der Waals surface area contributed by atoms with Crippen LogP contribution in [-0.2, 0) is 6.54 Å². The molecule has 5 heteroatoms. The van der Waals surface area contributed by atoms with E-state index in [-0.39, 0.29) is 18.2 Å². The fourth-order valence-corrected chi connectivity index (χ4v) is 2.68. The maximum Gasteiger partial charge on any atom is 0.335 e. The van der Waals surface area contributed by atoms with Gasteiger partial charge in [0.25, 0.3) is 0 Å². The van der Waals surface area contributed by atoms with Crippen molar-refractivity contribution in [2.24, 2.45) is 0 Å². The number of aliphatic hydroxyl groups is 1. The number of likely N-dealkylation sites (tertiary alicyclic amines) is 1. The van der Waals surface area contributed by atoms with E-state index in [1.54, 1.807) is 0 Å². The zero-order chi connectivity index (χ0) is 14.5. The molecule has 2 rings (SSSR count). The molecule has 1 aliphatic rings. The number of halogens is 1. The minimum Gasteiger partial charge on any atom is -0.478 e. The highest BCUT2D eigenvalue weighted by Gasteiger charge is 2.21. The molecule has 1 unspecified atom stereocenters. The van der Waals surface area contributed by atoms with Crippen molar-refractivity contribution < 1.29 is 19.4 Å². The van der Waals surface area contributed by atoms with Crippen molar-refractivity contribution in [3.63, 3.8) is 0 Å². The molecule has 20 heavy (non-hydrogen) atoms. The second-order valence-electron chi connectivity index (χ2n) is 5.27. The number of aromatic carboxylic acids is 1. The quantitative estimate of drug-likeness (QED) is 0.888. The van der Waals surface area contributed by atoms with Gasteiger partial charge in [0.05, 0.1) is 12.2 Å². The van der Waals surface area contributed by atoms with E-state index < -0.39 is 11.8 Å². The third-order valence-corrected chi connectivity index (χ3v) is 3.88. The number of carboxylic acids is 1. The van der Waals surface area contributed by atoms with Crippen LogP contribution in [0.25, 0.3) is 0 Å². The van der Waals surface area contributed by atoms with Crippen LogP contribution < -0.4 is 0 Å². The summed E-state index contributed by atoms with van der Waals surface area (Å²) < 4.78 is 13.9. The molecule has 1 saturated heterocycles. The summed E-state index contributed by atoms with van der Waals surface area (Å²) in [5, 5.41) is 18.3. The van der Waals surface area contributed by atoms with Gasteiger partial charge >= 0.3 is 5.97 Å². The van der Waals surface area contributed by atoms with E-state index in [4.69, 9.17) is 5.11 Å². The molecular weight excluding hydrogens is 261 g/mol. The van der Waals surface area contributed by atoms with Crippen LogP contribution in [0.3, 0.4) is 0 Å². The lowest BCUT2D eigenvalue weighted by atomic mass is 10.1. The molecule has 0 aromatic heterocycles. The van der Waals surface area contributed by atoms with Crippen molar-refractivity contribution in [3.05, 3.63) is 35.1 Å². The predicted octanol–water partition coefficient (Wildman–Crippen LogP) is 2.26. The Morgan fingerprint density at radius 3 is 2.80 bits per heavy atom. The van der Waals surface area contributed by atoms with E-state index in [1.807, 2.05) is 0 Å². The zero-order valence-corrected chi connectivity index (χ0v) is 11.4. The van der Waals surface area contributed by atoms with Crippen LogP contribution in [0.1, 0.15) is 41.6 Å². The van der Waals surface area contributed by atoms with E-state index in [1.165, 1.54) is 12.1 Å². The van der Waals surface area contributed by atoms with Crippen molar-refractivity contribution in [1.82, 2.24) is 4.90 Å². The highest BCUT2D eigenvalue weighted by atomic mass is 19.1. The van der Waals surface area contributed by atoms with Crippen LogP contribution in [0.15, 0.2) is 18.2 Å². The Hall–Kier alpha value is -1.46. The smallest absolute Gasteiger partial charge is 0.335 e. The Kier molecular flexibility index (Phi) is 5.09. The molecular formula is C15H20FNO3. The molecule has 1 aromatic rings. The Morgan fingerprint density at radius 1 is 1.35 bits per heavy atom. The monoisotopic (exact) mass is 281 g/mol. The average molecular weight is 281 g/mol. The van der Waals surface area contributed by atoms with Gasteiger partial charge in [-0.2, -0.15) is 0 Å². The lowest BCUT2D eigenvalue weighted by Crippen LogP contribution is -2.37. The highest BCUT2D eigenvalue weighted by molar-refractivity contribution is 5.87. The van der Waals surface area contributed by atoms with Crippen molar-refractivity contribution in [1.29, 1.82) is 0 Å². The number of nitrogens with zero attached hydrogens (tertiary/aromatic N) is 1. The average Bonchev–Trinajstić information content (AvgIpc) is 2.65. The first-order chi connectivity index (χ1) is 9.61. The summed E-state index contributed by atoms with van der Waals surface area (Å²) in [5.41, 5.74) is 0.441. The fourth-order valence-electron chi connectivity index (χ4n) is 2.68. The lowest BCUT2D eigenvalue weighted by molar-refractivity contribution is 0.0696. The summed E-state index contributed by atoms with van der Waals surface area (Å²) in [5.74, 6) is -1.62. The Morgan fingerprint density at radius 2 is 2.15 bits per heavy atom. The van der Waals surface area contributed by atoms with Crippen LogP contribution in [-0.4, -0.2) is 40.3 Å². The van der Waals surface area contributed by atoms with E-state index >= 15 is 0 Å². The van der Waals surface area contributed by atoms with Crippen molar-refractivity contribution in [2.75, 3.05) is 13.2 Å². The van der Waals surface area contributed by atoms with Crippen LogP contribution in [0.5, 0.6) is 0 Å². The Bertz CT molecular complexity index is 478. The third kappa shape index (κ3) is 3.55. The van der Waals surface area contributed by atoms with Gasteiger partial charge < -0.3 is 10.2 Å². The number of hydrogen-bond acceptors (Lipinski definition) is 3. The van der Waals surface area contributed by atoms with Crippen LogP contribution in [0, 0.1) is 5.82 Å². The maximum atomic E-state index is 13.9. The molecule has 1 aromatic carbocycles. The van der Waals surface area contributed by atoms with Crippen molar-refractivity contribution >= 4 is 5.97 Å². The van der Waals surface area contributed by atoms with Crippen LogP contribution in [0.4, 0.5) is 4.39 Å². The lowest BCUT2D eigenvalue weighted by Gasteiger charge is -2.28. The number of benzene rings is 1. The maximum absolute atomic E-state index is 13.9. The van der Waals surface area contributed by atoms with Crippen LogP contribution in [0.2, 0.25) is 0 Å². The van der Waals surface area contributed by atoms with Gasteiger partial charge in [0.1, 0.15) is 5.82 Å². The molecule has 0 bridgehead atoms. The number of carbonyl (C=O) groups is 1. The standard InChI is InChI=1S/C15H20FNO3/c16-14-8-11(15(19)20)5-6-12(14)9-17-7-3-1-2-4-13(17)10-18/h5-6,8,13,18H,1-4,7,9-10H2,(H,19,20). The van der Waals surface area contributed by atoms with Gasteiger partial charge in [-0.15, -0.1) is 0 Å². The molecule has 0 spiro atoms. The molecule has 2 N–H and O–H groups in total. The van der Waals surface area contributed by atoms with Gasteiger partial charge in [-0.25, -0.2) is 9.18 Å². The second kappa shape index (κ2) is 6.81. The number of carboxylic acid groups (broad SMARTS) is 1. The zero-order valence-electron chi connectivity index (χ0n) is 11.4. The summed E-state index contributed by atoms with van der Waals surface area (Å²) in [6, 6.07) is 4.07. The SMILES string of the molecule is O=C(O)c1ccc(CN2CCCCCC2CO)c(F)c1. The molecule has 1 fully saturated rings. The van der Waals surface area contributed by atoms with Gasteiger partial charge in [0.15, 0.2) is 0 Å². The molecule has 110 valence electrons. The van der Waals surface area contributed by atoms with E-state index in [2.05, 4.69) is 4.90 Å². The van der Waals surface area contributed by atoms with Crippen molar-refractivity contribution in [2.45, 2.75) is 38.3 Å². The molecule has 1 atom stereocenters. The predicted molar refractivity (Wildman–Crippen MR) is 73.1 cm³/mol. The largest absolute Gasteiger partial charge is 0.478 e. The Balaban J connectivity index is 2.13. The summed E-state index contributed by atoms with van der Waals surface area (Å²) in [6.07, 6.45) is 4.19. The molecule has 1 heterocycles. The second-order valence-corrected chi connectivity index (χ2v) is 5.27. The van der Waals surface area contributed by atoms with E-state index in [0.717, 1.165) is 38.3 Å². The number of aliphatic hydroxyl groups excluding tert-OH is 1. The first kappa shape index (κ1) is 14.9. The van der Waals surface area contributed by atoms with E-state index in [0.29, 0.717) is 12.1 Å². The molecule has 0 aliphatic carbocycles. The van der Waals surface area contributed by atoms with Gasteiger partial charge in [-0.1, -0.05) is 18.9 Å². The summed E-state index contributed by atoms with van der Waals surface area (Å²) in [7, 11) is 0. The molecule has 0 amide bonds. The first-order valence-corrected chi connectivity index (χ1v) is 6.98. The fraction of sp³-hybridized carbons (Fsp3) is 0.533. The molecule has 0 saturated carbocycles. The molecule has 1 aliphatic heterocycles. The molecule has 4 nitrogen and oxygen atoms in total. The summed E-state index contributed by atoms with van der Waals surface area (Å²) in [6.45, 7) is 1.33. The van der Waals surface area contributed by atoms with Gasteiger partial charge in [-0.05, 0) is 31.5 Å². The highest BCUT2D eigenvalue weighted by Crippen LogP contribution is 2.20. The summed E-state index contributed by atoms with van der Waals surface area (Å²) >= 11 is 0. The van der Waals surface area contributed by atoms with Gasteiger partial charge in [-0.3, -0.25) is 4.90 Å². The first-order valence-electron chi connectivity index (χ1n) is 6.98. The van der Waals surface area contributed by atoms with Gasteiger partial charge in [0, 0.05) is 18.2 Å². The van der Waals surface area contributed by atoms with E-state index in [9.17, 15) is 14.3 Å². The number of rotatable bonds is 4. The minimum absolute atomic E-state index is 0.0409. The molecule has 0 radical (unpaired) electrons.